The maximum atomic E-state index is 13.1. The summed E-state index contributed by atoms with van der Waals surface area (Å²) in [7, 11) is 2.85. The largest absolute Gasteiger partial charge is 0.497 e. The Labute approximate surface area is 146 Å². The van der Waals surface area contributed by atoms with E-state index in [0.29, 0.717) is 23.4 Å². The third-order valence-electron chi connectivity index (χ3n) is 4.95. The Hall–Kier alpha value is -2.63. The van der Waals surface area contributed by atoms with Crippen molar-refractivity contribution in [3.63, 3.8) is 0 Å². The molecule has 0 saturated carbocycles. The normalized spacial score (nSPS) is 26.0. The van der Waals surface area contributed by atoms with Gasteiger partial charge in [-0.05, 0) is 30.0 Å². The third-order valence-corrected chi connectivity index (χ3v) is 4.95. The van der Waals surface area contributed by atoms with Gasteiger partial charge in [-0.15, -0.1) is 0 Å². The lowest BCUT2D eigenvalue weighted by molar-refractivity contribution is -0.151. The monoisotopic (exact) mass is 343 g/mol. The first-order valence-electron chi connectivity index (χ1n) is 8.25. The predicted molar refractivity (Wildman–Crippen MR) is 89.8 cm³/mol. The van der Waals surface area contributed by atoms with Gasteiger partial charge in [-0.25, -0.2) is 0 Å². The van der Waals surface area contributed by atoms with E-state index >= 15 is 0 Å². The standard InChI is InChI=1S/C19H21NO5/c1-10-7-14-17(18(22)16(10)19(23)25-3)13(9-15(21)20-14)11-5-4-6-12(8-11)24-2/h4-6,8,10,13,16H,7,9H2,1-3H3,(H,20,21)/t10-,13+,16-/m0/s1. The van der Waals surface area contributed by atoms with Crippen LogP contribution in [0.5, 0.6) is 5.75 Å². The number of Topliss-reactive ketones (excluding diaryl/α,β-unsaturated/α-hetero) is 1. The Morgan fingerprint density at radius 3 is 2.64 bits per heavy atom. The summed E-state index contributed by atoms with van der Waals surface area (Å²) < 4.78 is 10.1. The molecule has 3 atom stereocenters. The van der Waals surface area contributed by atoms with Crippen LogP contribution in [0.15, 0.2) is 35.5 Å². The topological polar surface area (TPSA) is 81.7 Å². The van der Waals surface area contributed by atoms with Crippen molar-refractivity contribution in [2.75, 3.05) is 14.2 Å². The fourth-order valence-electron chi connectivity index (χ4n) is 3.74. The molecular weight excluding hydrogens is 322 g/mol. The van der Waals surface area contributed by atoms with Gasteiger partial charge in [0.1, 0.15) is 11.7 Å². The van der Waals surface area contributed by atoms with E-state index in [-0.39, 0.29) is 29.9 Å². The van der Waals surface area contributed by atoms with E-state index in [1.54, 1.807) is 7.11 Å². The Morgan fingerprint density at radius 2 is 1.96 bits per heavy atom. The Balaban J connectivity index is 2.07. The number of esters is 1. The number of allylic oxidation sites excluding steroid dienone is 2. The zero-order valence-corrected chi connectivity index (χ0v) is 14.5. The highest BCUT2D eigenvalue weighted by atomic mass is 16.5. The van der Waals surface area contributed by atoms with Gasteiger partial charge in [0.15, 0.2) is 5.78 Å². The van der Waals surface area contributed by atoms with Crippen molar-refractivity contribution in [3.8, 4) is 5.75 Å². The fourth-order valence-corrected chi connectivity index (χ4v) is 3.74. The molecular formula is C19H21NO5. The number of nitrogens with one attached hydrogen (secondary N) is 1. The second-order valence-corrected chi connectivity index (χ2v) is 6.52. The van der Waals surface area contributed by atoms with Gasteiger partial charge in [-0.2, -0.15) is 0 Å². The SMILES string of the molecule is COC(=O)[C@@H]1C(=O)C2=C(C[C@@H]1C)NC(=O)C[C@@H]2c1cccc(OC)c1. The smallest absolute Gasteiger partial charge is 0.316 e. The van der Waals surface area contributed by atoms with Gasteiger partial charge in [0.05, 0.1) is 14.2 Å². The van der Waals surface area contributed by atoms with E-state index in [0.717, 1.165) is 5.56 Å². The van der Waals surface area contributed by atoms with Crippen molar-refractivity contribution < 1.29 is 23.9 Å². The van der Waals surface area contributed by atoms with Crippen LogP contribution >= 0.6 is 0 Å². The molecule has 3 rings (SSSR count). The molecule has 1 aromatic rings. The molecule has 0 radical (unpaired) electrons. The van der Waals surface area contributed by atoms with Crippen LogP contribution in [0, 0.1) is 11.8 Å². The number of carbonyl (C=O) groups is 3. The second kappa shape index (κ2) is 6.70. The fraction of sp³-hybridized carbons (Fsp3) is 0.421. The molecule has 0 spiro atoms. The molecule has 1 N–H and O–H groups in total. The summed E-state index contributed by atoms with van der Waals surface area (Å²) in [6, 6.07) is 7.33. The molecule has 0 fully saturated rings. The van der Waals surface area contributed by atoms with E-state index in [2.05, 4.69) is 5.32 Å². The minimum absolute atomic E-state index is 0.122. The molecule has 6 nitrogen and oxygen atoms in total. The molecule has 0 unspecified atom stereocenters. The number of rotatable bonds is 3. The molecule has 132 valence electrons. The Bertz CT molecular complexity index is 767. The first-order valence-corrected chi connectivity index (χ1v) is 8.25. The average Bonchev–Trinajstić information content (AvgIpc) is 2.60. The number of benzene rings is 1. The van der Waals surface area contributed by atoms with Gasteiger partial charge in [0.2, 0.25) is 5.91 Å². The van der Waals surface area contributed by atoms with E-state index in [4.69, 9.17) is 9.47 Å². The highest BCUT2D eigenvalue weighted by molar-refractivity contribution is 6.11. The summed E-state index contributed by atoms with van der Waals surface area (Å²) in [4.78, 5) is 37.3. The zero-order chi connectivity index (χ0) is 18.1. The lowest BCUT2D eigenvalue weighted by atomic mass is 9.70. The van der Waals surface area contributed by atoms with Gasteiger partial charge < -0.3 is 14.8 Å². The maximum absolute atomic E-state index is 13.1. The number of carbonyl (C=O) groups excluding carboxylic acids is 3. The predicted octanol–water partition coefficient (Wildman–Crippen LogP) is 1.95. The van der Waals surface area contributed by atoms with E-state index < -0.39 is 11.9 Å². The molecule has 0 saturated heterocycles. The summed E-state index contributed by atoms with van der Waals surface area (Å²) in [5.74, 6) is -1.67. The zero-order valence-electron chi connectivity index (χ0n) is 14.5. The van der Waals surface area contributed by atoms with Gasteiger partial charge >= 0.3 is 5.97 Å². The molecule has 2 aliphatic rings. The lowest BCUT2D eigenvalue weighted by Crippen LogP contribution is -2.44. The molecule has 6 heteroatoms. The Morgan fingerprint density at radius 1 is 1.20 bits per heavy atom. The lowest BCUT2D eigenvalue weighted by Gasteiger charge is -2.36. The number of hydrogen-bond donors (Lipinski definition) is 1. The molecule has 0 aromatic heterocycles. The van der Waals surface area contributed by atoms with Gasteiger partial charge in [0.25, 0.3) is 0 Å². The molecule has 0 bridgehead atoms. The highest BCUT2D eigenvalue weighted by Gasteiger charge is 2.45. The summed E-state index contributed by atoms with van der Waals surface area (Å²) in [6.07, 6.45) is 0.632. The molecule has 1 amide bonds. The summed E-state index contributed by atoms with van der Waals surface area (Å²) in [6.45, 7) is 1.82. The number of amides is 1. The molecule has 1 aliphatic carbocycles. The summed E-state index contributed by atoms with van der Waals surface area (Å²) in [5, 5.41) is 2.82. The van der Waals surface area contributed by atoms with E-state index in [1.165, 1.54) is 7.11 Å². The Kier molecular flexibility index (Phi) is 4.61. The summed E-state index contributed by atoms with van der Waals surface area (Å²) >= 11 is 0. The average molecular weight is 343 g/mol. The van der Waals surface area contributed by atoms with Crippen LogP contribution in [-0.4, -0.2) is 31.9 Å². The van der Waals surface area contributed by atoms with Crippen LogP contribution in [0.25, 0.3) is 0 Å². The maximum Gasteiger partial charge on any atom is 0.316 e. The molecule has 1 aliphatic heterocycles. The molecule has 1 heterocycles. The van der Waals surface area contributed by atoms with Gasteiger partial charge in [0, 0.05) is 23.6 Å². The number of hydrogen-bond acceptors (Lipinski definition) is 5. The first-order chi connectivity index (χ1) is 12.0. The minimum atomic E-state index is -0.827. The first kappa shape index (κ1) is 17.2. The van der Waals surface area contributed by atoms with E-state index in [1.807, 2.05) is 31.2 Å². The van der Waals surface area contributed by atoms with Gasteiger partial charge in [-0.1, -0.05) is 19.1 Å². The second-order valence-electron chi connectivity index (χ2n) is 6.52. The van der Waals surface area contributed by atoms with Crippen molar-refractivity contribution in [1.29, 1.82) is 0 Å². The van der Waals surface area contributed by atoms with Crippen LogP contribution < -0.4 is 10.1 Å². The van der Waals surface area contributed by atoms with Crippen molar-refractivity contribution >= 4 is 17.7 Å². The number of methoxy groups -OCH3 is 2. The van der Waals surface area contributed by atoms with Crippen molar-refractivity contribution in [3.05, 3.63) is 41.1 Å². The van der Waals surface area contributed by atoms with Crippen LogP contribution in [0.3, 0.4) is 0 Å². The minimum Gasteiger partial charge on any atom is -0.497 e. The third kappa shape index (κ3) is 3.04. The van der Waals surface area contributed by atoms with Crippen molar-refractivity contribution in [2.45, 2.75) is 25.7 Å². The number of ether oxygens (including phenoxy) is 2. The number of ketones is 1. The quantitative estimate of drug-likeness (QED) is 0.670. The highest BCUT2D eigenvalue weighted by Crippen LogP contribution is 2.42. The van der Waals surface area contributed by atoms with Crippen LogP contribution in [0.2, 0.25) is 0 Å². The van der Waals surface area contributed by atoms with E-state index in [9.17, 15) is 14.4 Å². The van der Waals surface area contributed by atoms with Crippen molar-refractivity contribution in [1.82, 2.24) is 5.32 Å². The van der Waals surface area contributed by atoms with Crippen LogP contribution in [0.4, 0.5) is 0 Å². The van der Waals surface area contributed by atoms with Gasteiger partial charge in [-0.3, -0.25) is 14.4 Å². The molecule has 1 aromatic carbocycles. The van der Waals surface area contributed by atoms with Crippen LogP contribution in [0.1, 0.15) is 31.2 Å². The van der Waals surface area contributed by atoms with Crippen molar-refractivity contribution in [2.24, 2.45) is 11.8 Å². The van der Waals surface area contributed by atoms with Crippen LogP contribution in [-0.2, 0) is 19.1 Å². The summed E-state index contributed by atoms with van der Waals surface area (Å²) in [5.41, 5.74) is 1.97. The molecule has 25 heavy (non-hydrogen) atoms.